The maximum Gasteiger partial charge on any atom is 0.193 e. The van der Waals surface area contributed by atoms with Gasteiger partial charge in [-0.05, 0) is 220 Å². The van der Waals surface area contributed by atoms with Crippen LogP contribution in [0.25, 0.3) is 44.5 Å². The van der Waals surface area contributed by atoms with Crippen LogP contribution in [-0.2, 0) is 0 Å². The van der Waals surface area contributed by atoms with Gasteiger partial charge in [0.25, 0.3) is 0 Å². The van der Waals surface area contributed by atoms with E-state index in [-0.39, 0.29) is 5.78 Å². The number of para-hydroxylation sites is 7. The highest BCUT2D eigenvalue weighted by molar-refractivity contribution is 6.11. The van der Waals surface area contributed by atoms with Crippen molar-refractivity contribution < 1.29 is 42.7 Å². The van der Waals surface area contributed by atoms with Gasteiger partial charge in [0.15, 0.2) is 5.78 Å². The molecule has 13 rings (SSSR count). The molecule has 0 radical (unpaired) electrons. The molecule has 0 amide bonds. The summed E-state index contributed by atoms with van der Waals surface area (Å²) < 4.78 is 52.4. The van der Waals surface area contributed by atoms with E-state index >= 15 is 4.79 Å². The SMILES string of the molecule is C=C/C=C\C(=C)Oc1cc(Oc2ccccc2)cc(-c2cc(C(=O)c3cc(-c4cc(Oc5ccccc5)cc(Oc5ccccc5)c4)cc(-c4cc(Oc5ccccc5)cc(Oc5ccccc5)c4)c3)cc(-c3cc(Oc4ccccc4)cc(Oc4ccccc4)c3)c2)c1. The second kappa shape index (κ2) is 28.8. The molecule has 0 aliphatic rings. The molecule has 9 nitrogen and oxygen atoms in total. The molecule has 0 N–H and O–H groups in total. The van der Waals surface area contributed by atoms with Gasteiger partial charge in [-0.3, -0.25) is 4.79 Å². The van der Waals surface area contributed by atoms with Gasteiger partial charge in [-0.25, -0.2) is 0 Å². The highest BCUT2D eigenvalue weighted by Gasteiger charge is 2.21. The Kier molecular flexibility index (Phi) is 18.4. The summed E-state index contributed by atoms with van der Waals surface area (Å²) in [5, 5.41) is 0. The minimum Gasteiger partial charge on any atom is -0.458 e. The van der Waals surface area contributed by atoms with Crippen molar-refractivity contribution in [2.45, 2.75) is 0 Å². The number of carbonyl (C=O) groups is 1. The molecule has 0 aliphatic heterocycles. The summed E-state index contributed by atoms with van der Waals surface area (Å²) >= 11 is 0. The fourth-order valence-electron chi connectivity index (χ4n) is 10.5. The largest absolute Gasteiger partial charge is 0.458 e. The van der Waals surface area contributed by atoms with Gasteiger partial charge in [0.05, 0.1) is 0 Å². The molecule has 454 valence electrons. The Morgan fingerprint density at radius 1 is 0.245 bits per heavy atom. The van der Waals surface area contributed by atoms with Gasteiger partial charge >= 0.3 is 0 Å². The third kappa shape index (κ3) is 15.8. The van der Waals surface area contributed by atoms with Gasteiger partial charge in [-0.15, -0.1) is 0 Å². The zero-order valence-electron chi connectivity index (χ0n) is 50.9. The van der Waals surface area contributed by atoms with E-state index in [1.54, 1.807) is 24.3 Å². The van der Waals surface area contributed by atoms with Gasteiger partial charge < -0.3 is 37.9 Å². The molecule has 0 fully saturated rings. The van der Waals surface area contributed by atoms with Crippen molar-refractivity contribution in [3.05, 3.63) is 370 Å². The molecule has 13 aromatic rings. The van der Waals surface area contributed by atoms with Crippen molar-refractivity contribution in [2.75, 3.05) is 0 Å². The van der Waals surface area contributed by atoms with Crippen LogP contribution < -0.4 is 37.9 Å². The molecule has 0 atom stereocenters. The zero-order valence-corrected chi connectivity index (χ0v) is 50.9. The van der Waals surface area contributed by atoms with Crippen LogP contribution in [0, 0.1) is 0 Å². The fourth-order valence-corrected chi connectivity index (χ4v) is 10.5. The molecule has 0 heterocycles. The Morgan fingerprint density at radius 3 is 0.670 bits per heavy atom. The average molecular weight is 1230 g/mol. The number of ether oxygens (including phenoxy) is 8. The molecule has 0 bridgehead atoms. The van der Waals surface area contributed by atoms with Crippen LogP contribution in [0.5, 0.6) is 86.2 Å². The number of allylic oxidation sites excluding steroid dienone is 3. The lowest BCUT2D eigenvalue weighted by atomic mass is 9.90. The first-order valence-electron chi connectivity index (χ1n) is 30.5. The molecule has 0 spiro atoms. The predicted molar refractivity (Wildman–Crippen MR) is 373 cm³/mol. The lowest BCUT2D eigenvalue weighted by Crippen LogP contribution is -2.04. The van der Waals surface area contributed by atoms with E-state index in [2.05, 4.69) is 13.2 Å². The number of carbonyl (C=O) groups excluding carboxylic acids is 1. The molecule has 9 heteroatoms. The van der Waals surface area contributed by atoms with E-state index in [4.69, 9.17) is 37.9 Å². The lowest BCUT2D eigenvalue weighted by molar-refractivity contribution is 0.103. The molecule has 0 unspecified atom stereocenters. The Morgan fingerprint density at radius 2 is 0.447 bits per heavy atom. The third-order valence-corrected chi connectivity index (χ3v) is 14.8. The minimum atomic E-state index is -0.297. The number of hydrogen-bond donors (Lipinski definition) is 0. The second-order valence-corrected chi connectivity index (χ2v) is 21.8. The number of ketones is 1. The second-order valence-electron chi connectivity index (χ2n) is 21.8. The summed E-state index contributed by atoms with van der Waals surface area (Å²) in [6.45, 7) is 7.99. The molecule has 94 heavy (non-hydrogen) atoms. The Balaban J connectivity index is 1.02. The van der Waals surface area contributed by atoms with Crippen molar-refractivity contribution in [3.8, 4) is 131 Å². The monoisotopic (exact) mass is 1220 g/mol. The van der Waals surface area contributed by atoms with E-state index in [1.165, 1.54) is 0 Å². The molecule has 0 aliphatic carbocycles. The quantitative estimate of drug-likeness (QED) is 0.0333. The maximum atomic E-state index is 16.4. The summed E-state index contributed by atoms with van der Waals surface area (Å²) in [7, 11) is 0. The van der Waals surface area contributed by atoms with Gasteiger partial charge in [0, 0.05) is 35.4 Å². The van der Waals surface area contributed by atoms with Crippen LogP contribution in [0.2, 0.25) is 0 Å². The minimum absolute atomic E-state index is 0.297. The van der Waals surface area contributed by atoms with Crippen molar-refractivity contribution in [1.29, 1.82) is 0 Å². The van der Waals surface area contributed by atoms with Crippen molar-refractivity contribution >= 4 is 5.78 Å². The molecule has 13 aromatic carbocycles. The van der Waals surface area contributed by atoms with Crippen LogP contribution in [0.15, 0.2) is 359 Å². The molecular weight excluding hydrogens is 1160 g/mol. The van der Waals surface area contributed by atoms with Gasteiger partial charge in [0.2, 0.25) is 0 Å². The van der Waals surface area contributed by atoms with Crippen LogP contribution in [0.4, 0.5) is 0 Å². The van der Waals surface area contributed by atoms with Crippen LogP contribution in [0.3, 0.4) is 0 Å². The fraction of sp³-hybridized carbons (Fsp3) is 0. The van der Waals surface area contributed by atoms with Crippen molar-refractivity contribution in [1.82, 2.24) is 0 Å². The zero-order chi connectivity index (χ0) is 63.8. The van der Waals surface area contributed by atoms with E-state index in [1.807, 2.05) is 315 Å². The standard InChI is InChI=1S/C85H60O9/c1-3-4-26-59(2)87-77-47-64(48-78(55-77)88-70-27-12-5-13-28-70)60-41-61(65-49-79(89-71-29-14-6-15-30-71)56-80(50-65)90-72-31-16-7-17-32-72)44-68(43-60)85(86)69-45-62(66-51-81(91-73-33-18-8-19-34-73)57-82(52-66)92-74-35-20-9-21-36-74)42-63(46-69)67-53-83(93-75-37-22-10-23-38-75)58-84(54-67)94-76-39-24-11-25-40-76/h3-58H,1-2H2/b26-4-. The topological polar surface area (TPSA) is 90.9 Å². The summed E-state index contributed by atoms with van der Waals surface area (Å²) in [5.41, 5.74) is 6.19. The van der Waals surface area contributed by atoms with Crippen molar-refractivity contribution in [3.63, 3.8) is 0 Å². The molecular formula is C85H60O9. The molecule has 0 aromatic heterocycles. The highest BCUT2D eigenvalue weighted by atomic mass is 16.5. The predicted octanol–water partition coefficient (Wildman–Crippen LogP) is 23.8. The molecule has 0 saturated heterocycles. The normalized spacial score (nSPS) is 10.9. The third-order valence-electron chi connectivity index (χ3n) is 14.8. The summed E-state index contributed by atoms with van der Waals surface area (Å²) in [5.74, 6) is 8.47. The highest BCUT2D eigenvalue weighted by Crippen LogP contribution is 2.43. The van der Waals surface area contributed by atoms with Gasteiger partial charge in [-0.1, -0.05) is 153 Å². The number of benzene rings is 13. The summed E-state index contributed by atoms with van der Waals surface area (Å²) in [4.78, 5) is 16.4. The van der Waals surface area contributed by atoms with E-state index in [9.17, 15) is 0 Å². The van der Waals surface area contributed by atoms with Crippen LogP contribution >= 0.6 is 0 Å². The van der Waals surface area contributed by atoms with Gasteiger partial charge in [-0.2, -0.15) is 0 Å². The summed E-state index contributed by atoms with van der Waals surface area (Å²) in [6.07, 6.45) is 5.13. The van der Waals surface area contributed by atoms with E-state index in [0.717, 1.165) is 0 Å². The number of rotatable bonds is 24. The summed E-state index contributed by atoms with van der Waals surface area (Å²) in [6, 6.07) is 101. The molecule has 0 saturated carbocycles. The first-order valence-corrected chi connectivity index (χ1v) is 30.5. The Labute approximate surface area is 546 Å². The smallest absolute Gasteiger partial charge is 0.193 e. The van der Waals surface area contributed by atoms with E-state index < -0.39 is 0 Å². The van der Waals surface area contributed by atoms with Crippen LogP contribution in [0.1, 0.15) is 15.9 Å². The van der Waals surface area contributed by atoms with E-state index in [0.29, 0.717) is 148 Å². The first kappa shape index (κ1) is 60.1. The lowest BCUT2D eigenvalue weighted by Gasteiger charge is -2.17. The number of hydrogen-bond acceptors (Lipinski definition) is 9. The Bertz CT molecular complexity index is 4480. The van der Waals surface area contributed by atoms with Crippen LogP contribution in [-0.4, -0.2) is 5.78 Å². The first-order chi connectivity index (χ1) is 46.2. The average Bonchev–Trinajstić information content (AvgIpc) is 0.802. The Hall–Kier alpha value is -12.9. The maximum absolute atomic E-state index is 16.4. The van der Waals surface area contributed by atoms with Gasteiger partial charge in [0.1, 0.15) is 92.0 Å². The van der Waals surface area contributed by atoms with Crippen molar-refractivity contribution in [2.24, 2.45) is 0 Å².